The summed E-state index contributed by atoms with van der Waals surface area (Å²) < 4.78 is 0. The topological polar surface area (TPSA) is 0 Å². The number of benzene rings is 1. The second kappa shape index (κ2) is 20.4. The average molecular weight is 480 g/mol. The highest BCUT2D eigenvalue weighted by atomic mass is 14.3. The van der Waals surface area contributed by atoms with E-state index in [-0.39, 0.29) is 0 Å². The van der Waals surface area contributed by atoms with Gasteiger partial charge in [0.15, 0.2) is 7.28 Å². The Morgan fingerprint density at radius 2 is 1.26 bits per heavy atom. The number of fused-ring (bicyclic) bond motifs is 1. The van der Waals surface area contributed by atoms with Crippen molar-refractivity contribution in [3.8, 4) is 0 Å². The molecular weight excluding hydrogens is 419 g/mol. The smallest absolute Gasteiger partial charge is 0.0875 e. The molecular formula is C34H60B. The number of unbranched alkanes of at least 4 members (excludes halogenated alkanes) is 12. The van der Waals surface area contributed by atoms with Gasteiger partial charge in [-0.05, 0) is 55.1 Å². The zero-order valence-electron chi connectivity index (χ0n) is 24.2. The fraction of sp³-hybridized carbons (Fsp3) is 0.824. The van der Waals surface area contributed by atoms with Crippen molar-refractivity contribution in [3.63, 3.8) is 0 Å². The van der Waals surface area contributed by atoms with Gasteiger partial charge in [0.25, 0.3) is 0 Å². The Labute approximate surface area is 222 Å². The second-order valence-electron chi connectivity index (χ2n) is 11.8. The van der Waals surface area contributed by atoms with Crippen molar-refractivity contribution in [1.29, 1.82) is 0 Å². The summed E-state index contributed by atoms with van der Waals surface area (Å²) in [5.41, 5.74) is 4.81. The molecule has 1 aliphatic carbocycles. The van der Waals surface area contributed by atoms with Crippen LogP contribution in [0.25, 0.3) is 0 Å². The molecule has 0 bridgehead atoms. The van der Waals surface area contributed by atoms with E-state index in [1.807, 2.05) is 0 Å². The maximum atomic E-state index is 2.54. The van der Waals surface area contributed by atoms with Gasteiger partial charge in [-0.2, -0.15) is 0 Å². The Morgan fingerprint density at radius 3 is 1.89 bits per heavy atom. The maximum absolute atomic E-state index is 2.54. The molecule has 1 aliphatic rings. The van der Waals surface area contributed by atoms with Gasteiger partial charge in [0.2, 0.25) is 0 Å². The Balaban J connectivity index is 1.85. The minimum absolute atomic E-state index is 0.967. The Morgan fingerprint density at radius 1 is 0.657 bits per heavy atom. The molecule has 0 spiro atoms. The van der Waals surface area contributed by atoms with Crippen molar-refractivity contribution in [1.82, 2.24) is 0 Å². The first-order valence-electron chi connectivity index (χ1n) is 16.2. The summed E-state index contributed by atoms with van der Waals surface area (Å²) in [5.74, 6) is 1.95. The largest absolute Gasteiger partial charge is 0.151 e. The molecule has 0 N–H and O–H groups in total. The quantitative estimate of drug-likeness (QED) is 0.129. The molecule has 1 atom stereocenters. The van der Waals surface area contributed by atoms with Crippen LogP contribution in [0.15, 0.2) is 18.2 Å². The molecule has 0 saturated heterocycles. The SMILES string of the molecule is CCCCCCC[B]c1ccc2c(c1)CCCC(C(CCCCCCC)CCCCCCC)CC2. The molecule has 0 aliphatic heterocycles. The van der Waals surface area contributed by atoms with Crippen molar-refractivity contribution in [2.45, 2.75) is 168 Å². The fourth-order valence-electron chi connectivity index (χ4n) is 6.41. The van der Waals surface area contributed by atoms with Crippen LogP contribution in [0.4, 0.5) is 0 Å². The Kier molecular flexibility index (Phi) is 17.7. The van der Waals surface area contributed by atoms with E-state index >= 15 is 0 Å². The van der Waals surface area contributed by atoms with E-state index in [0.717, 1.165) is 11.8 Å². The van der Waals surface area contributed by atoms with Crippen molar-refractivity contribution < 1.29 is 0 Å². The Bertz CT molecular complexity index is 607. The van der Waals surface area contributed by atoms with Gasteiger partial charge in [-0.25, -0.2) is 0 Å². The van der Waals surface area contributed by atoms with Gasteiger partial charge in [-0.1, -0.05) is 160 Å². The van der Waals surface area contributed by atoms with Crippen LogP contribution in [0, 0.1) is 11.8 Å². The lowest BCUT2D eigenvalue weighted by Crippen LogP contribution is -2.20. The molecule has 1 heteroatoms. The molecule has 0 saturated carbocycles. The van der Waals surface area contributed by atoms with Crippen LogP contribution in [0.3, 0.4) is 0 Å². The van der Waals surface area contributed by atoms with Crippen molar-refractivity contribution in [2.24, 2.45) is 11.8 Å². The van der Waals surface area contributed by atoms with E-state index in [1.165, 1.54) is 153 Å². The lowest BCUT2D eigenvalue weighted by atomic mass is 9.65. The number of rotatable bonds is 20. The van der Waals surface area contributed by atoms with Crippen LogP contribution < -0.4 is 5.46 Å². The highest BCUT2D eigenvalue weighted by Gasteiger charge is 2.23. The Hall–Kier alpha value is -0.715. The van der Waals surface area contributed by atoms with Gasteiger partial charge >= 0.3 is 0 Å². The van der Waals surface area contributed by atoms with Crippen LogP contribution in [0.5, 0.6) is 0 Å². The molecule has 1 radical (unpaired) electrons. The molecule has 2 rings (SSSR count). The number of aryl methyl sites for hydroxylation is 2. The highest BCUT2D eigenvalue weighted by Crippen LogP contribution is 2.34. The number of hydrogen-bond donors (Lipinski definition) is 0. The van der Waals surface area contributed by atoms with Crippen LogP contribution in [0.1, 0.15) is 160 Å². The molecule has 1 aromatic carbocycles. The lowest BCUT2D eigenvalue weighted by molar-refractivity contribution is 0.242. The first-order valence-corrected chi connectivity index (χ1v) is 16.2. The van der Waals surface area contributed by atoms with E-state index in [1.54, 1.807) is 11.1 Å². The number of hydrogen-bond acceptors (Lipinski definition) is 0. The highest BCUT2D eigenvalue weighted by molar-refractivity contribution is 6.53. The van der Waals surface area contributed by atoms with Crippen molar-refractivity contribution in [2.75, 3.05) is 0 Å². The molecule has 0 heterocycles. The third-order valence-corrected chi connectivity index (χ3v) is 8.75. The van der Waals surface area contributed by atoms with Crippen molar-refractivity contribution >= 4 is 12.7 Å². The molecule has 0 fully saturated rings. The summed E-state index contributed by atoms with van der Waals surface area (Å²) >= 11 is 0. The van der Waals surface area contributed by atoms with Gasteiger partial charge in [-0.3, -0.25) is 0 Å². The standard InChI is InChI=1S/C34H60B/c1-4-7-10-13-16-20-30(21-17-14-11-8-5-2)31-22-19-23-33-29-34(27-26-32(33)25-24-31)35-28-18-15-12-9-6-3/h26-27,29-31H,4-25,28H2,1-3H3. The van der Waals surface area contributed by atoms with Crippen LogP contribution in [0.2, 0.25) is 6.32 Å². The predicted molar refractivity (Wildman–Crippen MR) is 160 cm³/mol. The molecule has 0 nitrogen and oxygen atoms in total. The lowest BCUT2D eigenvalue weighted by Gasteiger charge is -2.30. The minimum Gasteiger partial charge on any atom is -0.0875 e. The molecule has 0 amide bonds. The third kappa shape index (κ3) is 13.4. The average Bonchev–Trinajstić information content (AvgIpc) is 2.86. The fourth-order valence-corrected chi connectivity index (χ4v) is 6.41. The summed E-state index contributed by atoms with van der Waals surface area (Å²) in [5, 5.41) is 0. The third-order valence-electron chi connectivity index (χ3n) is 8.75. The van der Waals surface area contributed by atoms with Gasteiger partial charge in [0.05, 0.1) is 0 Å². The van der Waals surface area contributed by atoms with E-state index in [2.05, 4.69) is 46.2 Å². The van der Waals surface area contributed by atoms with Crippen LogP contribution >= 0.6 is 0 Å². The first-order chi connectivity index (χ1) is 17.3. The summed E-state index contributed by atoms with van der Waals surface area (Å²) in [7, 11) is 2.50. The van der Waals surface area contributed by atoms with Gasteiger partial charge in [0.1, 0.15) is 0 Å². The van der Waals surface area contributed by atoms with E-state index in [0.29, 0.717) is 0 Å². The van der Waals surface area contributed by atoms with Gasteiger partial charge < -0.3 is 0 Å². The normalized spacial score (nSPS) is 16.2. The molecule has 0 aromatic heterocycles. The predicted octanol–water partition coefficient (Wildman–Crippen LogP) is 10.6. The van der Waals surface area contributed by atoms with Crippen molar-refractivity contribution in [3.05, 3.63) is 29.3 Å². The molecule has 199 valence electrons. The summed E-state index contributed by atoms with van der Waals surface area (Å²) in [6.45, 7) is 6.97. The van der Waals surface area contributed by atoms with Crippen LogP contribution in [-0.2, 0) is 12.8 Å². The van der Waals surface area contributed by atoms with E-state index in [4.69, 9.17) is 0 Å². The molecule has 1 unspecified atom stereocenters. The van der Waals surface area contributed by atoms with Gasteiger partial charge in [-0.15, -0.1) is 0 Å². The second-order valence-corrected chi connectivity index (χ2v) is 11.8. The summed E-state index contributed by atoms with van der Waals surface area (Å²) in [4.78, 5) is 0. The van der Waals surface area contributed by atoms with Crippen LogP contribution in [-0.4, -0.2) is 7.28 Å². The zero-order valence-corrected chi connectivity index (χ0v) is 24.2. The molecule has 35 heavy (non-hydrogen) atoms. The maximum Gasteiger partial charge on any atom is 0.151 e. The molecule has 1 aromatic rings. The zero-order chi connectivity index (χ0) is 25.0. The first kappa shape index (κ1) is 30.5. The summed E-state index contributed by atoms with van der Waals surface area (Å²) in [6, 6.07) is 7.45. The van der Waals surface area contributed by atoms with Gasteiger partial charge in [0, 0.05) is 0 Å². The van der Waals surface area contributed by atoms with E-state index < -0.39 is 0 Å². The summed E-state index contributed by atoms with van der Waals surface area (Å²) in [6.07, 6.45) is 32.5. The minimum atomic E-state index is 0.967. The monoisotopic (exact) mass is 479 g/mol. The van der Waals surface area contributed by atoms with E-state index in [9.17, 15) is 0 Å².